The molecular weight excluding hydrogens is 289 g/mol. The number of benzene rings is 1. The fourth-order valence-electron chi connectivity index (χ4n) is 1.88. The molecule has 0 spiro atoms. The van der Waals surface area contributed by atoms with Crippen LogP contribution in [0.4, 0.5) is 0 Å². The third-order valence-electron chi connectivity index (χ3n) is 2.95. The van der Waals surface area contributed by atoms with Crippen LogP contribution in [0.15, 0.2) is 18.2 Å². The summed E-state index contributed by atoms with van der Waals surface area (Å²) in [5.41, 5.74) is 0.732. The third kappa shape index (κ3) is 3.85. The molecule has 0 radical (unpaired) electrons. The Morgan fingerprint density at radius 2 is 1.95 bits per heavy atom. The first-order chi connectivity index (χ1) is 8.97. The first kappa shape index (κ1) is 14.2. The normalized spacial score (nSPS) is 14.2. The number of nitrogens with zero attached hydrogens (tertiary/aromatic N) is 1. The number of aliphatic carboxylic acids is 1. The molecule has 1 aliphatic carbocycles. The summed E-state index contributed by atoms with van der Waals surface area (Å²) in [4.78, 5) is 24.3. The molecule has 1 aliphatic rings. The van der Waals surface area contributed by atoms with E-state index in [0.29, 0.717) is 10.0 Å². The second-order valence-corrected chi connectivity index (χ2v) is 5.39. The van der Waals surface area contributed by atoms with Crippen LogP contribution in [0.25, 0.3) is 0 Å². The van der Waals surface area contributed by atoms with E-state index >= 15 is 0 Å². The van der Waals surface area contributed by atoms with Crippen LogP contribution in [0.1, 0.15) is 18.4 Å². The maximum absolute atomic E-state index is 12.1. The van der Waals surface area contributed by atoms with Crippen molar-refractivity contribution >= 4 is 35.1 Å². The molecule has 1 fully saturated rings. The minimum absolute atomic E-state index is 0.0753. The summed E-state index contributed by atoms with van der Waals surface area (Å²) in [5.74, 6) is -1.18. The summed E-state index contributed by atoms with van der Waals surface area (Å²) in [5, 5.41) is 9.65. The van der Waals surface area contributed by atoms with Gasteiger partial charge in [-0.15, -0.1) is 0 Å². The molecule has 1 saturated carbocycles. The number of halogens is 2. The van der Waals surface area contributed by atoms with E-state index in [-0.39, 0.29) is 24.9 Å². The zero-order valence-electron chi connectivity index (χ0n) is 10.1. The fourth-order valence-corrected chi connectivity index (χ4v) is 2.20. The first-order valence-electron chi connectivity index (χ1n) is 5.92. The lowest BCUT2D eigenvalue weighted by molar-refractivity contribution is -0.144. The minimum Gasteiger partial charge on any atom is -0.480 e. The molecule has 1 N–H and O–H groups in total. The number of hydrogen-bond acceptors (Lipinski definition) is 2. The second-order valence-electron chi connectivity index (χ2n) is 4.57. The summed E-state index contributed by atoms with van der Waals surface area (Å²) in [6, 6.07) is 5.06. The smallest absolute Gasteiger partial charge is 0.323 e. The van der Waals surface area contributed by atoms with Crippen molar-refractivity contribution in [3.63, 3.8) is 0 Å². The second kappa shape index (κ2) is 5.80. The molecule has 0 heterocycles. The van der Waals surface area contributed by atoms with Crippen molar-refractivity contribution in [1.82, 2.24) is 4.90 Å². The van der Waals surface area contributed by atoms with Gasteiger partial charge in [0.15, 0.2) is 0 Å². The third-order valence-corrected chi connectivity index (χ3v) is 3.69. The van der Waals surface area contributed by atoms with Crippen molar-refractivity contribution in [2.24, 2.45) is 0 Å². The van der Waals surface area contributed by atoms with E-state index < -0.39 is 5.97 Å². The number of carboxylic acids is 1. The lowest BCUT2D eigenvalue weighted by Gasteiger charge is -2.20. The van der Waals surface area contributed by atoms with Crippen LogP contribution in [0, 0.1) is 0 Å². The SMILES string of the molecule is O=C(O)CN(C(=O)Cc1ccc(Cl)c(Cl)c1)C1CC1. The maximum Gasteiger partial charge on any atom is 0.323 e. The van der Waals surface area contributed by atoms with Crippen molar-refractivity contribution in [3.05, 3.63) is 33.8 Å². The summed E-state index contributed by atoms with van der Waals surface area (Å²) in [6.07, 6.45) is 1.89. The predicted molar refractivity (Wildman–Crippen MR) is 72.5 cm³/mol. The van der Waals surface area contributed by atoms with Gasteiger partial charge in [0.25, 0.3) is 0 Å². The largest absolute Gasteiger partial charge is 0.480 e. The van der Waals surface area contributed by atoms with Crippen LogP contribution in [0.3, 0.4) is 0 Å². The lowest BCUT2D eigenvalue weighted by Crippen LogP contribution is -2.38. The molecule has 1 aromatic carbocycles. The Kier molecular flexibility index (Phi) is 4.32. The molecule has 6 heteroatoms. The van der Waals surface area contributed by atoms with Gasteiger partial charge in [0, 0.05) is 6.04 Å². The average molecular weight is 302 g/mol. The molecule has 0 bridgehead atoms. The molecular formula is C13H13Cl2NO3. The Bertz CT molecular complexity index is 515. The van der Waals surface area contributed by atoms with Gasteiger partial charge in [0.2, 0.25) is 5.91 Å². The van der Waals surface area contributed by atoms with Crippen molar-refractivity contribution in [1.29, 1.82) is 0 Å². The maximum atomic E-state index is 12.1. The number of rotatable bonds is 5. The molecule has 4 nitrogen and oxygen atoms in total. The van der Waals surface area contributed by atoms with Crippen molar-refractivity contribution in [2.75, 3.05) is 6.54 Å². The predicted octanol–water partition coefficient (Wildman–Crippen LogP) is 2.61. The monoisotopic (exact) mass is 301 g/mol. The summed E-state index contributed by atoms with van der Waals surface area (Å²) in [6.45, 7) is -0.245. The highest BCUT2D eigenvalue weighted by molar-refractivity contribution is 6.42. The van der Waals surface area contributed by atoms with E-state index in [1.165, 1.54) is 4.90 Å². The average Bonchev–Trinajstić information content (AvgIpc) is 3.14. The van der Waals surface area contributed by atoms with Crippen LogP contribution in [0.2, 0.25) is 10.0 Å². The van der Waals surface area contributed by atoms with E-state index in [4.69, 9.17) is 28.3 Å². The summed E-state index contributed by atoms with van der Waals surface area (Å²) in [7, 11) is 0. The molecule has 0 aromatic heterocycles. The van der Waals surface area contributed by atoms with E-state index in [1.807, 2.05) is 0 Å². The van der Waals surface area contributed by atoms with Gasteiger partial charge < -0.3 is 10.0 Å². The van der Waals surface area contributed by atoms with Crippen LogP contribution < -0.4 is 0 Å². The Hall–Kier alpha value is -1.26. The number of carbonyl (C=O) groups is 2. The molecule has 19 heavy (non-hydrogen) atoms. The molecule has 0 aliphatic heterocycles. The molecule has 0 unspecified atom stereocenters. The van der Waals surface area contributed by atoms with Gasteiger partial charge in [-0.3, -0.25) is 9.59 Å². The molecule has 2 rings (SSSR count). The highest BCUT2D eigenvalue weighted by atomic mass is 35.5. The van der Waals surface area contributed by atoms with Crippen molar-refractivity contribution in [3.8, 4) is 0 Å². The van der Waals surface area contributed by atoms with Gasteiger partial charge in [-0.1, -0.05) is 29.3 Å². The van der Waals surface area contributed by atoms with Gasteiger partial charge in [0.1, 0.15) is 6.54 Å². The van der Waals surface area contributed by atoms with Gasteiger partial charge in [0.05, 0.1) is 16.5 Å². The Labute approximate surface area is 120 Å². The van der Waals surface area contributed by atoms with E-state index in [0.717, 1.165) is 18.4 Å². The van der Waals surface area contributed by atoms with E-state index in [1.54, 1.807) is 18.2 Å². The Balaban J connectivity index is 2.05. The number of amides is 1. The summed E-state index contributed by atoms with van der Waals surface area (Å²) >= 11 is 11.7. The highest BCUT2D eigenvalue weighted by Gasteiger charge is 2.33. The quantitative estimate of drug-likeness (QED) is 0.909. The Morgan fingerprint density at radius 1 is 1.26 bits per heavy atom. The summed E-state index contributed by atoms with van der Waals surface area (Å²) < 4.78 is 0. The molecule has 0 saturated heterocycles. The molecule has 1 aromatic rings. The van der Waals surface area contributed by atoms with Gasteiger partial charge in [-0.25, -0.2) is 0 Å². The molecule has 1 amide bonds. The van der Waals surface area contributed by atoms with Crippen molar-refractivity contribution in [2.45, 2.75) is 25.3 Å². The topological polar surface area (TPSA) is 57.6 Å². The molecule has 102 valence electrons. The van der Waals surface area contributed by atoms with Crippen LogP contribution in [0.5, 0.6) is 0 Å². The van der Waals surface area contributed by atoms with E-state index in [9.17, 15) is 9.59 Å². The van der Waals surface area contributed by atoms with Crippen LogP contribution in [-0.4, -0.2) is 34.5 Å². The highest BCUT2D eigenvalue weighted by Crippen LogP contribution is 2.28. The Morgan fingerprint density at radius 3 is 2.47 bits per heavy atom. The van der Waals surface area contributed by atoms with E-state index in [2.05, 4.69) is 0 Å². The van der Waals surface area contributed by atoms with Gasteiger partial charge in [-0.05, 0) is 30.5 Å². The number of hydrogen-bond donors (Lipinski definition) is 1. The standard InChI is InChI=1S/C13H13Cl2NO3/c14-10-4-1-8(5-11(10)15)6-12(17)16(7-13(18)19)9-2-3-9/h1,4-5,9H,2-3,6-7H2,(H,18,19). The number of carboxylic acid groups (broad SMARTS) is 1. The van der Waals surface area contributed by atoms with Gasteiger partial charge in [-0.2, -0.15) is 0 Å². The van der Waals surface area contributed by atoms with Crippen LogP contribution in [-0.2, 0) is 16.0 Å². The van der Waals surface area contributed by atoms with Crippen molar-refractivity contribution < 1.29 is 14.7 Å². The first-order valence-corrected chi connectivity index (χ1v) is 6.68. The lowest BCUT2D eigenvalue weighted by atomic mass is 10.1. The molecule has 0 atom stereocenters. The number of carbonyl (C=O) groups excluding carboxylic acids is 1. The zero-order valence-corrected chi connectivity index (χ0v) is 11.6. The minimum atomic E-state index is -0.991. The van der Waals surface area contributed by atoms with Crippen LogP contribution >= 0.6 is 23.2 Å². The zero-order chi connectivity index (χ0) is 14.0. The van der Waals surface area contributed by atoms with Gasteiger partial charge >= 0.3 is 5.97 Å². The fraction of sp³-hybridized carbons (Fsp3) is 0.385.